The molecule has 88 valence electrons. The van der Waals surface area contributed by atoms with Crippen LogP contribution in [0.5, 0.6) is 0 Å². The lowest BCUT2D eigenvalue weighted by atomic mass is 10.2. The molecule has 0 aliphatic rings. The molecular weight excluding hydrogens is 221 g/mol. The second-order valence-corrected chi connectivity index (χ2v) is 4.67. The van der Waals surface area contributed by atoms with Crippen molar-refractivity contribution in [2.45, 2.75) is 32.3 Å². The number of aliphatic hydroxyl groups is 1. The fraction of sp³-hybridized carbons (Fsp3) is 1.00. The van der Waals surface area contributed by atoms with Crippen molar-refractivity contribution in [2.75, 3.05) is 33.1 Å². The summed E-state index contributed by atoms with van der Waals surface area (Å²) < 4.78 is 0.869. The first kappa shape index (κ1) is 16.9. The van der Waals surface area contributed by atoms with Gasteiger partial charge in [0.2, 0.25) is 0 Å². The number of quaternary nitrogens is 1. The van der Waals surface area contributed by atoms with E-state index in [1.54, 1.807) is 0 Å². The van der Waals surface area contributed by atoms with Crippen LogP contribution in [0.25, 0.3) is 0 Å². The van der Waals surface area contributed by atoms with Crippen LogP contribution in [-0.2, 0) is 0 Å². The normalized spacial score (nSPS) is 13.5. The van der Waals surface area contributed by atoms with Gasteiger partial charge in [-0.2, -0.15) is 0 Å². The number of likely N-dealkylation sites (N-methyl/N-ethyl adjacent to an activating group) is 1. The quantitative estimate of drug-likeness (QED) is 0.341. The molecule has 0 aromatic heterocycles. The zero-order valence-corrected chi connectivity index (χ0v) is 11.0. The van der Waals surface area contributed by atoms with Crippen molar-refractivity contribution in [3.8, 4) is 0 Å². The van der Waals surface area contributed by atoms with E-state index in [1.807, 2.05) is 0 Å². The molecule has 0 aromatic carbocycles. The number of unbranched alkanes of at least 4 members (excludes halogenated alkanes) is 2. The molecule has 0 amide bonds. The minimum Gasteiger partial charge on any atom is -1.00 e. The summed E-state index contributed by atoms with van der Waals surface area (Å²) in [4.78, 5) is 0. The third kappa shape index (κ3) is 9.07. The van der Waals surface area contributed by atoms with E-state index in [-0.39, 0.29) is 18.5 Å². The predicted molar refractivity (Wildman–Crippen MR) is 58.1 cm³/mol. The summed E-state index contributed by atoms with van der Waals surface area (Å²) in [5.41, 5.74) is 0. The first-order valence-corrected chi connectivity index (χ1v) is 5.61. The highest BCUT2D eigenvalue weighted by Crippen LogP contribution is 2.05. The Hall–Kier alpha value is 0.500. The lowest BCUT2D eigenvalue weighted by molar-refractivity contribution is -0.893. The molecule has 0 rings (SSSR count). The molecule has 1 atom stereocenters. The zero-order valence-electron chi connectivity index (χ0n) is 9.47. The Labute approximate surface area is 99.2 Å². The Morgan fingerprint density at radius 2 is 1.86 bits per heavy atom. The largest absolute Gasteiger partial charge is 1.00 e. The number of rotatable bonds is 7. The predicted octanol–water partition coefficient (Wildman–Crippen LogP) is -1.14. The summed E-state index contributed by atoms with van der Waals surface area (Å²) in [6.45, 7) is 4.09. The summed E-state index contributed by atoms with van der Waals surface area (Å²) in [6.07, 6.45) is 3.40. The van der Waals surface area contributed by atoms with E-state index < -0.39 is 0 Å². The molecule has 2 nitrogen and oxygen atoms in total. The van der Waals surface area contributed by atoms with Gasteiger partial charge in [-0.25, -0.2) is 0 Å². The Morgan fingerprint density at radius 1 is 1.29 bits per heavy atom. The van der Waals surface area contributed by atoms with E-state index in [2.05, 4.69) is 21.0 Å². The van der Waals surface area contributed by atoms with E-state index in [0.717, 1.165) is 17.6 Å². The van der Waals surface area contributed by atoms with Gasteiger partial charge in [-0.1, -0.05) is 13.3 Å². The summed E-state index contributed by atoms with van der Waals surface area (Å²) in [5, 5.41) is 9.40. The van der Waals surface area contributed by atoms with Crippen molar-refractivity contribution in [1.29, 1.82) is 0 Å². The summed E-state index contributed by atoms with van der Waals surface area (Å²) in [7, 11) is 4.29. The van der Waals surface area contributed by atoms with Crippen LogP contribution >= 0.6 is 11.6 Å². The molecule has 0 saturated heterocycles. The summed E-state index contributed by atoms with van der Waals surface area (Å²) >= 11 is 5.56. The van der Waals surface area contributed by atoms with E-state index in [1.165, 1.54) is 19.3 Å². The highest BCUT2D eigenvalue weighted by Gasteiger charge is 2.18. The van der Waals surface area contributed by atoms with Crippen LogP contribution in [-0.4, -0.2) is 48.8 Å². The molecule has 1 unspecified atom stereocenters. The van der Waals surface area contributed by atoms with Crippen molar-refractivity contribution in [2.24, 2.45) is 0 Å². The minimum absolute atomic E-state index is 0. The van der Waals surface area contributed by atoms with Crippen LogP contribution < -0.4 is 12.4 Å². The van der Waals surface area contributed by atoms with Crippen LogP contribution in [0.2, 0.25) is 0 Å². The van der Waals surface area contributed by atoms with Crippen molar-refractivity contribution < 1.29 is 22.0 Å². The van der Waals surface area contributed by atoms with Crippen molar-refractivity contribution >= 4 is 11.6 Å². The minimum atomic E-state index is -0.363. The number of nitrogens with zero attached hydrogens (tertiary/aromatic N) is 1. The maximum absolute atomic E-state index is 9.40. The van der Waals surface area contributed by atoms with Crippen LogP contribution in [0.1, 0.15) is 26.2 Å². The number of hydrogen-bond acceptors (Lipinski definition) is 1. The maximum Gasteiger partial charge on any atom is 0.116 e. The van der Waals surface area contributed by atoms with E-state index in [9.17, 15) is 5.11 Å². The number of alkyl halides is 1. The highest BCUT2D eigenvalue weighted by atomic mass is 35.5. The third-order valence-corrected chi connectivity index (χ3v) is 2.61. The molecule has 1 N–H and O–H groups in total. The van der Waals surface area contributed by atoms with Gasteiger partial charge >= 0.3 is 0 Å². The van der Waals surface area contributed by atoms with Crippen LogP contribution in [0.4, 0.5) is 0 Å². The first-order chi connectivity index (χ1) is 6.02. The summed E-state index contributed by atoms with van der Waals surface area (Å²) in [5.74, 6) is 0.343. The molecule has 0 aromatic rings. The second kappa shape index (κ2) is 8.78. The van der Waals surface area contributed by atoms with E-state index in [4.69, 9.17) is 11.6 Å². The van der Waals surface area contributed by atoms with Crippen molar-refractivity contribution in [1.82, 2.24) is 0 Å². The standard InChI is InChI=1S/C10H23ClNO.ClH/c1-4-5-6-7-12(2,3)9-10(13)8-11;/h10,13H,4-9H2,1-3H3;1H/q+1;/p-1. The van der Waals surface area contributed by atoms with Crippen LogP contribution in [0, 0.1) is 0 Å². The molecule has 4 heteroatoms. The van der Waals surface area contributed by atoms with Gasteiger partial charge in [-0.3, -0.25) is 0 Å². The van der Waals surface area contributed by atoms with Crippen molar-refractivity contribution in [3.63, 3.8) is 0 Å². The number of halogens is 2. The van der Waals surface area contributed by atoms with Gasteiger partial charge in [0.15, 0.2) is 0 Å². The average Bonchev–Trinajstić information content (AvgIpc) is 2.03. The molecule has 0 saturated carbocycles. The molecule has 14 heavy (non-hydrogen) atoms. The Morgan fingerprint density at radius 3 is 2.29 bits per heavy atom. The van der Waals surface area contributed by atoms with Crippen LogP contribution in [0.3, 0.4) is 0 Å². The van der Waals surface area contributed by atoms with Gasteiger partial charge in [-0.05, 0) is 12.8 Å². The van der Waals surface area contributed by atoms with E-state index >= 15 is 0 Å². The van der Waals surface area contributed by atoms with Crippen molar-refractivity contribution in [3.05, 3.63) is 0 Å². The average molecular weight is 244 g/mol. The van der Waals surface area contributed by atoms with Gasteiger partial charge in [0.25, 0.3) is 0 Å². The lowest BCUT2D eigenvalue weighted by Gasteiger charge is -2.31. The molecule has 0 aliphatic carbocycles. The van der Waals surface area contributed by atoms with Gasteiger partial charge in [0.05, 0.1) is 26.5 Å². The zero-order chi connectivity index (χ0) is 10.3. The fourth-order valence-electron chi connectivity index (χ4n) is 1.50. The van der Waals surface area contributed by atoms with Gasteiger partial charge in [-0.15, -0.1) is 11.6 Å². The first-order valence-electron chi connectivity index (χ1n) is 5.08. The molecular formula is C10H23Cl2NO. The molecule has 0 bridgehead atoms. The molecule has 0 fully saturated rings. The Balaban J connectivity index is 0. The molecule has 0 aliphatic heterocycles. The lowest BCUT2D eigenvalue weighted by Crippen LogP contribution is -3.00. The number of aliphatic hydroxyl groups excluding tert-OH is 1. The van der Waals surface area contributed by atoms with E-state index in [0.29, 0.717) is 5.88 Å². The molecule has 0 heterocycles. The van der Waals surface area contributed by atoms with Crippen LogP contribution in [0.15, 0.2) is 0 Å². The Bertz CT molecular complexity index is 131. The smallest absolute Gasteiger partial charge is 0.116 e. The SMILES string of the molecule is CCCCC[N+](C)(C)CC(O)CCl.[Cl-]. The second-order valence-electron chi connectivity index (χ2n) is 4.36. The third-order valence-electron chi connectivity index (χ3n) is 2.25. The molecule has 0 spiro atoms. The van der Waals surface area contributed by atoms with Gasteiger partial charge in [0.1, 0.15) is 12.6 Å². The van der Waals surface area contributed by atoms with Gasteiger partial charge in [0, 0.05) is 0 Å². The monoisotopic (exact) mass is 243 g/mol. The molecule has 0 radical (unpaired) electrons. The Kier molecular flexibility index (Phi) is 10.6. The maximum atomic E-state index is 9.40. The fourth-order valence-corrected chi connectivity index (χ4v) is 1.60. The van der Waals surface area contributed by atoms with Gasteiger partial charge < -0.3 is 22.0 Å². The topological polar surface area (TPSA) is 20.2 Å². The highest BCUT2D eigenvalue weighted by molar-refractivity contribution is 6.18. The number of hydrogen-bond donors (Lipinski definition) is 1. The summed E-state index contributed by atoms with van der Waals surface area (Å²) in [6, 6.07) is 0.